The highest BCUT2D eigenvalue weighted by Crippen LogP contribution is 2.25. The fourth-order valence-corrected chi connectivity index (χ4v) is 6.07. The molecular weight excluding hydrogens is 432 g/mol. The first kappa shape index (κ1) is 25.7. The van der Waals surface area contributed by atoms with Gasteiger partial charge in [0.1, 0.15) is 0 Å². The zero-order chi connectivity index (χ0) is 24.6. The third-order valence-electron chi connectivity index (χ3n) is 7.92. The Bertz CT molecular complexity index is 844. The molecule has 0 aromatic heterocycles. The second kappa shape index (κ2) is 12.5. The van der Waals surface area contributed by atoms with Crippen LogP contribution in [0.15, 0.2) is 60.7 Å². The Hall–Kier alpha value is -2.37. The van der Waals surface area contributed by atoms with E-state index in [1.54, 1.807) is 0 Å². The number of amides is 2. The highest BCUT2D eigenvalue weighted by atomic mass is 16.2. The lowest BCUT2D eigenvalue weighted by molar-refractivity contribution is 0.0592. The van der Waals surface area contributed by atoms with E-state index in [4.69, 9.17) is 0 Å². The number of benzene rings is 2. The molecule has 35 heavy (non-hydrogen) atoms. The van der Waals surface area contributed by atoms with Crippen LogP contribution < -0.4 is 5.32 Å². The Morgan fingerprint density at radius 3 is 1.91 bits per heavy atom. The first-order valence-electron chi connectivity index (χ1n) is 13.6. The van der Waals surface area contributed by atoms with E-state index in [9.17, 15) is 4.79 Å². The summed E-state index contributed by atoms with van der Waals surface area (Å²) in [5.41, 5.74) is 2.22. The molecule has 2 heterocycles. The van der Waals surface area contributed by atoms with Gasteiger partial charge in [-0.25, -0.2) is 4.79 Å². The molecule has 2 aliphatic rings. The van der Waals surface area contributed by atoms with E-state index in [0.717, 1.165) is 36.7 Å². The van der Waals surface area contributed by atoms with Gasteiger partial charge in [0.05, 0.1) is 6.04 Å². The molecule has 5 heteroatoms. The molecule has 190 valence electrons. The minimum absolute atomic E-state index is 0.0338. The monoisotopic (exact) mass is 476 g/mol. The third kappa shape index (κ3) is 7.08. The number of carbonyl (C=O) groups is 1. The number of carbonyl (C=O) groups excluding carboxylic acids is 1. The molecule has 0 aliphatic carbocycles. The maximum atomic E-state index is 13.6. The molecule has 2 unspecified atom stereocenters. The van der Waals surface area contributed by atoms with Crippen molar-refractivity contribution in [3.8, 4) is 0 Å². The fourth-order valence-electron chi connectivity index (χ4n) is 6.07. The van der Waals surface area contributed by atoms with Gasteiger partial charge in [0.2, 0.25) is 0 Å². The summed E-state index contributed by atoms with van der Waals surface area (Å²) in [5, 5.41) is 3.36. The number of hydrogen-bond acceptors (Lipinski definition) is 3. The van der Waals surface area contributed by atoms with Gasteiger partial charge in [0, 0.05) is 25.2 Å². The molecule has 2 atom stereocenters. The Kier molecular flexibility index (Phi) is 9.22. The van der Waals surface area contributed by atoms with E-state index in [2.05, 4.69) is 65.2 Å². The molecule has 2 aromatic rings. The van der Waals surface area contributed by atoms with Gasteiger partial charge >= 0.3 is 6.03 Å². The molecule has 2 fully saturated rings. The molecular formula is C30H44N4O. The van der Waals surface area contributed by atoms with Crippen LogP contribution in [-0.4, -0.2) is 72.6 Å². The maximum Gasteiger partial charge on any atom is 0.318 e. The molecule has 2 aromatic carbocycles. The average molecular weight is 477 g/mol. The zero-order valence-corrected chi connectivity index (χ0v) is 21.9. The van der Waals surface area contributed by atoms with Gasteiger partial charge in [0.25, 0.3) is 0 Å². The lowest BCUT2D eigenvalue weighted by Crippen LogP contribution is -2.61. The Balaban J connectivity index is 1.35. The molecule has 5 nitrogen and oxygen atoms in total. The Labute approximate surface area is 212 Å². The predicted molar refractivity (Wildman–Crippen MR) is 145 cm³/mol. The summed E-state index contributed by atoms with van der Waals surface area (Å²) in [6.45, 7) is 9.95. The van der Waals surface area contributed by atoms with Crippen molar-refractivity contribution in [1.29, 1.82) is 0 Å². The van der Waals surface area contributed by atoms with Crippen LogP contribution in [0.1, 0.15) is 63.1 Å². The van der Waals surface area contributed by atoms with Crippen LogP contribution in [-0.2, 0) is 0 Å². The van der Waals surface area contributed by atoms with Crippen LogP contribution in [0.4, 0.5) is 4.79 Å². The molecule has 1 N–H and O–H groups in total. The van der Waals surface area contributed by atoms with Crippen LogP contribution in [0.3, 0.4) is 0 Å². The fraction of sp³-hybridized carbons (Fsp3) is 0.567. The molecule has 0 spiro atoms. The Morgan fingerprint density at radius 1 is 0.886 bits per heavy atom. The van der Waals surface area contributed by atoms with Crippen molar-refractivity contribution in [1.82, 2.24) is 20.0 Å². The van der Waals surface area contributed by atoms with Gasteiger partial charge in [-0.15, -0.1) is 0 Å². The van der Waals surface area contributed by atoms with Crippen molar-refractivity contribution in [3.05, 3.63) is 71.8 Å². The highest BCUT2D eigenvalue weighted by Gasteiger charge is 2.34. The summed E-state index contributed by atoms with van der Waals surface area (Å²) in [6, 6.07) is 20.8. The number of likely N-dealkylation sites (tertiary alicyclic amines) is 1. The van der Waals surface area contributed by atoms with E-state index in [0.29, 0.717) is 0 Å². The largest absolute Gasteiger partial charge is 0.327 e. The molecule has 0 bridgehead atoms. The molecule has 0 saturated carbocycles. The number of nitrogens with one attached hydrogen (secondary N) is 1. The van der Waals surface area contributed by atoms with E-state index < -0.39 is 0 Å². The molecule has 4 rings (SSSR count). The van der Waals surface area contributed by atoms with E-state index in [1.165, 1.54) is 45.2 Å². The van der Waals surface area contributed by atoms with Crippen LogP contribution in [0.25, 0.3) is 0 Å². The standard InChI is InChI=1S/C30H44N4O/c1-24-22-33(21-18-26-12-10-19-32(3)20-11-13-26)23-25(2)34(24)30(35)31-29(27-14-6-4-7-15-27)28-16-8-5-9-17-28/h4-9,14-17,24-26,29H,10-13,18-23H2,1-3H3,(H,31,35). The Morgan fingerprint density at radius 2 is 1.40 bits per heavy atom. The number of rotatable bonds is 6. The summed E-state index contributed by atoms with van der Waals surface area (Å²) >= 11 is 0. The molecule has 2 saturated heterocycles. The first-order chi connectivity index (χ1) is 17.0. The molecule has 2 aliphatic heterocycles. The summed E-state index contributed by atoms with van der Waals surface area (Å²) in [6.07, 6.45) is 6.66. The molecule has 2 amide bonds. The van der Waals surface area contributed by atoms with Gasteiger partial charge in [0.15, 0.2) is 0 Å². The quantitative estimate of drug-likeness (QED) is 0.607. The van der Waals surface area contributed by atoms with Crippen LogP contribution >= 0.6 is 0 Å². The van der Waals surface area contributed by atoms with E-state index in [1.807, 2.05) is 36.4 Å². The summed E-state index contributed by atoms with van der Waals surface area (Å²) in [5.74, 6) is 0.855. The van der Waals surface area contributed by atoms with Gasteiger partial charge in [-0.1, -0.05) is 60.7 Å². The maximum absolute atomic E-state index is 13.6. The normalized spacial score (nSPS) is 23.1. The van der Waals surface area contributed by atoms with Crippen molar-refractivity contribution < 1.29 is 4.79 Å². The van der Waals surface area contributed by atoms with Gasteiger partial charge < -0.3 is 15.1 Å². The lowest BCUT2D eigenvalue weighted by atomic mass is 9.92. The molecule has 0 radical (unpaired) electrons. The van der Waals surface area contributed by atoms with Crippen LogP contribution in [0.5, 0.6) is 0 Å². The summed E-state index contributed by atoms with van der Waals surface area (Å²) in [7, 11) is 2.25. The first-order valence-corrected chi connectivity index (χ1v) is 13.6. The van der Waals surface area contributed by atoms with Crippen molar-refractivity contribution in [2.24, 2.45) is 5.92 Å². The predicted octanol–water partition coefficient (Wildman–Crippen LogP) is 5.39. The van der Waals surface area contributed by atoms with E-state index >= 15 is 0 Å². The number of piperazine rings is 1. The average Bonchev–Trinajstić information content (AvgIpc) is 2.84. The third-order valence-corrected chi connectivity index (χ3v) is 7.92. The topological polar surface area (TPSA) is 38.8 Å². The van der Waals surface area contributed by atoms with Crippen LogP contribution in [0.2, 0.25) is 0 Å². The SMILES string of the molecule is CC1CN(CCC2CCCN(C)CCC2)CC(C)N1C(=O)NC(c1ccccc1)c1ccccc1. The van der Waals surface area contributed by atoms with Crippen LogP contribution in [0, 0.1) is 5.92 Å². The zero-order valence-electron chi connectivity index (χ0n) is 21.9. The van der Waals surface area contributed by atoms with Gasteiger partial charge in [-0.05, 0) is 89.7 Å². The minimum Gasteiger partial charge on any atom is -0.327 e. The number of urea groups is 1. The van der Waals surface area contributed by atoms with Crippen molar-refractivity contribution in [2.75, 3.05) is 39.8 Å². The number of hydrogen-bond donors (Lipinski definition) is 1. The van der Waals surface area contributed by atoms with Gasteiger partial charge in [-0.2, -0.15) is 0 Å². The second-order valence-electron chi connectivity index (χ2n) is 10.8. The smallest absolute Gasteiger partial charge is 0.318 e. The van der Waals surface area contributed by atoms with E-state index in [-0.39, 0.29) is 24.2 Å². The van der Waals surface area contributed by atoms with Crippen molar-refractivity contribution in [2.45, 2.75) is 64.1 Å². The van der Waals surface area contributed by atoms with Crippen molar-refractivity contribution in [3.63, 3.8) is 0 Å². The minimum atomic E-state index is -0.152. The van der Waals surface area contributed by atoms with Crippen molar-refractivity contribution >= 4 is 6.03 Å². The number of nitrogens with zero attached hydrogens (tertiary/aromatic N) is 3. The lowest BCUT2D eigenvalue weighted by Gasteiger charge is -2.45. The second-order valence-corrected chi connectivity index (χ2v) is 10.8. The van der Waals surface area contributed by atoms with Gasteiger partial charge in [-0.3, -0.25) is 4.90 Å². The highest BCUT2D eigenvalue weighted by molar-refractivity contribution is 5.76. The summed E-state index contributed by atoms with van der Waals surface area (Å²) in [4.78, 5) is 20.7. The summed E-state index contributed by atoms with van der Waals surface area (Å²) < 4.78 is 0.